The summed E-state index contributed by atoms with van der Waals surface area (Å²) in [5.74, 6) is 0. The third-order valence-electron chi connectivity index (χ3n) is 5.68. The highest BCUT2D eigenvalue weighted by molar-refractivity contribution is 7.97. The zero-order valence-corrected chi connectivity index (χ0v) is 16.2. The van der Waals surface area contributed by atoms with Gasteiger partial charge < -0.3 is 4.74 Å². The lowest BCUT2D eigenvalue weighted by molar-refractivity contribution is -0.113. The van der Waals surface area contributed by atoms with Crippen molar-refractivity contribution in [3.05, 3.63) is 23.5 Å². The number of hydrogen-bond donors (Lipinski definition) is 0. The fourth-order valence-corrected chi connectivity index (χ4v) is 5.47. The molecule has 0 unspecified atom stereocenters. The number of hydrogen-bond acceptors (Lipinski definition) is 5. The van der Waals surface area contributed by atoms with Gasteiger partial charge in [0.05, 0.1) is 11.4 Å². The molecule has 0 radical (unpaired) electrons. The molecule has 4 nitrogen and oxygen atoms in total. The molecule has 0 saturated carbocycles. The van der Waals surface area contributed by atoms with Gasteiger partial charge in [0.1, 0.15) is 5.67 Å². The van der Waals surface area contributed by atoms with E-state index in [-0.39, 0.29) is 0 Å². The topological polar surface area (TPSA) is 28.6 Å². The molecular formula is C19H28FN3OS. The highest BCUT2D eigenvalue weighted by Gasteiger charge is 2.53. The normalized spacial score (nSPS) is 25.0. The van der Waals surface area contributed by atoms with Crippen molar-refractivity contribution in [2.45, 2.75) is 50.2 Å². The third-order valence-corrected chi connectivity index (χ3v) is 6.83. The van der Waals surface area contributed by atoms with Crippen molar-refractivity contribution in [1.82, 2.24) is 14.2 Å². The molecule has 4 heterocycles. The van der Waals surface area contributed by atoms with Gasteiger partial charge in [-0.1, -0.05) is 0 Å². The lowest BCUT2D eigenvalue weighted by Crippen LogP contribution is -2.72. The van der Waals surface area contributed by atoms with Crippen molar-refractivity contribution >= 4 is 11.9 Å². The minimum Gasteiger partial charge on any atom is -0.381 e. The second kappa shape index (κ2) is 6.48. The van der Waals surface area contributed by atoms with E-state index in [1.54, 1.807) is 25.8 Å². The number of rotatable bonds is 4. The summed E-state index contributed by atoms with van der Waals surface area (Å²) in [5, 5.41) is 0. The van der Waals surface area contributed by atoms with E-state index in [1.807, 2.05) is 19.1 Å². The van der Waals surface area contributed by atoms with Gasteiger partial charge in [0, 0.05) is 55.7 Å². The van der Waals surface area contributed by atoms with Crippen LogP contribution in [0, 0.1) is 12.3 Å². The van der Waals surface area contributed by atoms with Crippen LogP contribution in [0.15, 0.2) is 17.0 Å². The molecule has 3 saturated heterocycles. The first-order valence-electron chi connectivity index (χ1n) is 9.26. The molecular weight excluding hydrogens is 337 g/mol. The van der Waals surface area contributed by atoms with Crippen molar-refractivity contribution in [2.24, 2.45) is 5.41 Å². The van der Waals surface area contributed by atoms with Gasteiger partial charge in [0.2, 0.25) is 0 Å². The van der Waals surface area contributed by atoms with E-state index in [2.05, 4.69) is 14.2 Å². The van der Waals surface area contributed by atoms with Gasteiger partial charge in [-0.25, -0.2) is 8.70 Å². The maximum atomic E-state index is 14.0. The molecule has 138 valence electrons. The smallest absolute Gasteiger partial charge is 0.147 e. The number of ether oxygens (including phenoxy) is 1. The van der Waals surface area contributed by atoms with Crippen LogP contribution in [0.25, 0.3) is 0 Å². The Hall–Kier alpha value is -0.690. The molecule has 25 heavy (non-hydrogen) atoms. The Morgan fingerprint density at radius 1 is 1.20 bits per heavy atom. The molecule has 3 fully saturated rings. The van der Waals surface area contributed by atoms with Crippen molar-refractivity contribution in [2.75, 3.05) is 39.4 Å². The van der Waals surface area contributed by atoms with Crippen LogP contribution in [0.1, 0.15) is 38.1 Å². The minimum absolute atomic E-state index is 0.507. The van der Waals surface area contributed by atoms with E-state index in [9.17, 15) is 4.39 Å². The highest BCUT2D eigenvalue weighted by atomic mass is 32.2. The summed E-state index contributed by atoms with van der Waals surface area (Å²) in [4.78, 5) is 8.25. The van der Waals surface area contributed by atoms with E-state index in [4.69, 9.17) is 4.74 Å². The lowest BCUT2D eigenvalue weighted by atomic mass is 9.73. The van der Waals surface area contributed by atoms with Gasteiger partial charge >= 0.3 is 0 Å². The number of nitrogens with zero attached hydrogens (tertiary/aromatic N) is 3. The quantitative estimate of drug-likeness (QED) is 0.763. The predicted molar refractivity (Wildman–Crippen MR) is 98.4 cm³/mol. The molecule has 1 aromatic rings. The molecule has 0 amide bonds. The average molecular weight is 366 g/mol. The number of halogens is 1. The van der Waals surface area contributed by atoms with Crippen molar-refractivity contribution in [3.8, 4) is 0 Å². The van der Waals surface area contributed by atoms with E-state index >= 15 is 0 Å². The van der Waals surface area contributed by atoms with Gasteiger partial charge in [-0.3, -0.25) is 9.88 Å². The Bertz CT molecular complexity index is 628. The van der Waals surface area contributed by atoms with Gasteiger partial charge in [0.15, 0.2) is 0 Å². The summed E-state index contributed by atoms with van der Waals surface area (Å²) in [7, 11) is 0. The first-order chi connectivity index (χ1) is 11.8. The Balaban J connectivity index is 1.28. The first-order valence-corrected chi connectivity index (χ1v) is 10.0. The summed E-state index contributed by atoms with van der Waals surface area (Å²) >= 11 is 1.77. The van der Waals surface area contributed by atoms with Crippen LogP contribution in [-0.4, -0.2) is 59.6 Å². The van der Waals surface area contributed by atoms with Crippen molar-refractivity contribution in [3.63, 3.8) is 0 Å². The first kappa shape index (κ1) is 17.7. The van der Waals surface area contributed by atoms with Crippen LogP contribution in [0.4, 0.5) is 4.39 Å². The van der Waals surface area contributed by atoms with Gasteiger partial charge in [0.25, 0.3) is 0 Å². The third kappa shape index (κ3) is 3.59. The van der Waals surface area contributed by atoms with Gasteiger partial charge in [-0.2, -0.15) is 0 Å². The molecule has 1 spiro atoms. The number of aryl methyl sites for hydroxylation is 1. The van der Waals surface area contributed by atoms with E-state index < -0.39 is 5.67 Å². The molecule has 3 aliphatic heterocycles. The van der Waals surface area contributed by atoms with Crippen LogP contribution in [0.3, 0.4) is 0 Å². The summed E-state index contributed by atoms with van der Waals surface area (Å²) < 4.78 is 21.9. The second-order valence-electron chi connectivity index (χ2n) is 8.39. The molecule has 4 rings (SSSR count). The number of likely N-dealkylation sites (tertiary alicyclic amines) is 1. The molecule has 0 atom stereocenters. The van der Waals surface area contributed by atoms with E-state index in [0.29, 0.717) is 11.1 Å². The summed E-state index contributed by atoms with van der Waals surface area (Å²) in [6, 6.07) is 4.58. The van der Waals surface area contributed by atoms with Crippen LogP contribution in [0.2, 0.25) is 0 Å². The molecule has 0 aliphatic carbocycles. The molecule has 0 bridgehead atoms. The maximum Gasteiger partial charge on any atom is 0.147 e. The molecule has 0 N–H and O–H groups in total. The predicted octanol–water partition coefficient (Wildman–Crippen LogP) is 3.40. The summed E-state index contributed by atoms with van der Waals surface area (Å²) in [5.41, 5.74) is 0.564. The Morgan fingerprint density at radius 2 is 1.88 bits per heavy atom. The SMILES string of the molecule is Cc1nc(C(C)(C)F)ccc1SN1CC2(C1)CN(C1CCOCC1)C2. The molecule has 6 heteroatoms. The number of pyridine rings is 1. The Labute approximate surface area is 154 Å². The van der Waals surface area contributed by atoms with Gasteiger partial charge in [-0.05, 0) is 57.7 Å². The summed E-state index contributed by atoms with van der Waals surface area (Å²) in [6.07, 6.45) is 2.38. The van der Waals surface area contributed by atoms with Gasteiger partial charge in [-0.15, -0.1) is 0 Å². The lowest BCUT2D eigenvalue weighted by Gasteiger charge is -2.62. The molecule has 1 aromatic heterocycles. The van der Waals surface area contributed by atoms with E-state index in [0.717, 1.165) is 42.9 Å². The summed E-state index contributed by atoms with van der Waals surface area (Å²) in [6.45, 7) is 11.7. The number of alkyl halides is 1. The zero-order valence-electron chi connectivity index (χ0n) is 15.4. The standard InChI is InChI=1S/C19H28FN3OS/c1-14-16(4-5-17(21-14)18(2,3)20)25-23-12-19(13-23)10-22(11-19)15-6-8-24-9-7-15/h4-5,15H,6-13H2,1-3H3. The fraction of sp³-hybridized carbons (Fsp3) is 0.737. The highest BCUT2D eigenvalue weighted by Crippen LogP contribution is 2.46. The monoisotopic (exact) mass is 365 g/mol. The average Bonchev–Trinajstić information content (AvgIpc) is 2.49. The molecule has 0 aromatic carbocycles. The maximum absolute atomic E-state index is 14.0. The van der Waals surface area contributed by atoms with Crippen molar-refractivity contribution in [1.29, 1.82) is 0 Å². The fourth-order valence-electron chi connectivity index (χ4n) is 4.21. The Kier molecular flexibility index (Phi) is 4.59. The van der Waals surface area contributed by atoms with Crippen LogP contribution in [-0.2, 0) is 10.4 Å². The largest absolute Gasteiger partial charge is 0.381 e. The van der Waals surface area contributed by atoms with Crippen molar-refractivity contribution < 1.29 is 9.13 Å². The van der Waals surface area contributed by atoms with Crippen LogP contribution in [0.5, 0.6) is 0 Å². The molecule has 3 aliphatic rings. The van der Waals surface area contributed by atoms with E-state index in [1.165, 1.54) is 25.9 Å². The minimum atomic E-state index is -1.38. The zero-order chi connectivity index (χ0) is 17.7. The van der Waals surface area contributed by atoms with Crippen LogP contribution >= 0.6 is 11.9 Å². The second-order valence-corrected chi connectivity index (χ2v) is 9.53. The Morgan fingerprint density at radius 3 is 2.48 bits per heavy atom. The number of aromatic nitrogens is 1. The van der Waals surface area contributed by atoms with Crippen LogP contribution < -0.4 is 0 Å².